The molecule has 0 aliphatic rings. The molecular weight excluding hydrogens is 412 g/mol. The highest BCUT2D eigenvalue weighted by Gasteiger charge is 2.17. The van der Waals surface area contributed by atoms with Crippen LogP contribution in [0.3, 0.4) is 0 Å². The number of carbonyl (C=O) groups excluding carboxylic acids is 1. The largest absolute Gasteiger partial charge is 0.354 e. The number of aromatic nitrogens is 1. The monoisotopic (exact) mass is 428 g/mol. The van der Waals surface area contributed by atoms with Crippen LogP contribution in [-0.4, -0.2) is 19.5 Å². The van der Waals surface area contributed by atoms with Gasteiger partial charge in [-0.05, 0) is 49.4 Å². The van der Waals surface area contributed by atoms with Crippen molar-refractivity contribution in [3.8, 4) is 6.07 Å². The minimum atomic E-state index is -3.79. The molecule has 29 heavy (non-hydrogen) atoms. The number of nitrogens with zero attached hydrogens (tertiary/aromatic N) is 2. The Morgan fingerprint density at radius 2 is 2.07 bits per heavy atom. The van der Waals surface area contributed by atoms with Gasteiger partial charge in [0.05, 0.1) is 17.3 Å². The summed E-state index contributed by atoms with van der Waals surface area (Å²) in [5.41, 5.74) is 1.68. The second-order valence-electron chi connectivity index (χ2n) is 5.98. The molecule has 8 nitrogen and oxygen atoms in total. The summed E-state index contributed by atoms with van der Waals surface area (Å²) in [4.78, 5) is 12.0. The first-order chi connectivity index (χ1) is 13.8. The topological polar surface area (TPSA) is 125 Å². The normalized spacial score (nSPS) is 11.3. The summed E-state index contributed by atoms with van der Waals surface area (Å²) in [6.45, 7) is 3.09. The van der Waals surface area contributed by atoms with E-state index in [1.807, 2.05) is 6.07 Å². The fraction of sp³-hybridized carbons (Fsp3) is 0.105. The van der Waals surface area contributed by atoms with Crippen molar-refractivity contribution in [1.82, 2.24) is 5.16 Å². The number of nitrogens with one attached hydrogen (secondary N) is 2. The molecule has 0 aliphatic carbocycles. The zero-order valence-electron chi connectivity index (χ0n) is 15.5. The molecule has 0 bridgehead atoms. The molecule has 10 heteroatoms. The van der Waals surface area contributed by atoms with Gasteiger partial charge in [-0.25, -0.2) is 8.42 Å². The maximum Gasteiger partial charge on any atom is 0.271 e. The Labute approximate surface area is 171 Å². The number of benzene rings is 1. The van der Waals surface area contributed by atoms with Crippen molar-refractivity contribution in [2.75, 3.05) is 10.0 Å². The van der Waals surface area contributed by atoms with Gasteiger partial charge in [0, 0.05) is 11.8 Å². The van der Waals surface area contributed by atoms with Crippen molar-refractivity contribution in [1.29, 1.82) is 5.26 Å². The molecule has 1 amide bonds. The van der Waals surface area contributed by atoms with Gasteiger partial charge < -0.3 is 9.84 Å². The lowest BCUT2D eigenvalue weighted by molar-refractivity contribution is -0.114. The number of rotatable bonds is 6. The molecule has 0 radical (unpaired) electrons. The molecule has 0 spiro atoms. The van der Waals surface area contributed by atoms with E-state index in [1.165, 1.54) is 19.1 Å². The van der Waals surface area contributed by atoms with E-state index in [0.29, 0.717) is 33.3 Å². The van der Waals surface area contributed by atoms with Crippen LogP contribution in [0.1, 0.15) is 28.8 Å². The number of amides is 1. The summed E-state index contributed by atoms with van der Waals surface area (Å²) in [5, 5.41) is 15.4. The van der Waals surface area contributed by atoms with Crippen LogP contribution in [0, 0.1) is 18.3 Å². The SMILES string of the molecule is CC(=O)Nc1c(C)noc1C=Cc1ccc(S(=O)(=O)Nc2cccc(C#N)c2)s1. The van der Waals surface area contributed by atoms with Crippen molar-refractivity contribution in [3.63, 3.8) is 0 Å². The molecule has 0 unspecified atom stereocenters. The van der Waals surface area contributed by atoms with Gasteiger partial charge >= 0.3 is 0 Å². The van der Waals surface area contributed by atoms with Crippen LogP contribution in [0.5, 0.6) is 0 Å². The molecule has 2 heterocycles. The van der Waals surface area contributed by atoms with Gasteiger partial charge in [0.15, 0.2) is 5.76 Å². The Hall–Kier alpha value is -3.42. The summed E-state index contributed by atoms with van der Waals surface area (Å²) in [6.07, 6.45) is 3.28. The standard InChI is InChI=1S/C19H16N4O4S2/c1-12-19(21-13(2)24)17(27-22-12)8-6-16-7-9-18(28-16)29(25,26)23-15-5-3-4-14(10-15)11-20/h3-10,23H,1-2H3,(H,21,24). The molecule has 3 rings (SSSR count). The van der Waals surface area contributed by atoms with E-state index in [4.69, 9.17) is 9.78 Å². The van der Waals surface area contributed by atoms with Gasteiger partial charge in [0.1, 0.15) is 15.6 Å². The first-order valence-electron chi connectivity index (χ1n) is 8.33. The first-order valence-corrected chi connectivity index (χ1v) is 10.6. The summed E-state index contributed by atoms with van der Waals surface area (Å²) in [5.74, 6) is 0.115. The van der Waals surface area contributed by atoms with E-state index in [-0.39, 0.29) is 10.1 Å². The minimum Gasteiger partial charge on any atom is -0.354 e. The van der Waals surface area contributed by atoms with Gasteiger partial charge in [-0.1, -0.05) is 11.2 Å². The number of aryl methyl sites for hydroxylation is 1. The summed E-state index contributed by atoms with van der Waals surface area (Å²) < 4.78 is 32.9. The molecule has 0 aliphatic heterocycles. The number of thiophene rings is 1. The third kappa shape index (κ3) is 4.90. The van der Waals surface area contributed by atoms with Crippen molar-refractivity contribution in [3.05, 3.63) is 58.3 Å². The average Bonchev–Trinajstić information content (AvgIpc) is 3.28. The van der Waals surface area contributed by atoms with E-state index in [0.717, 1.165) is 11.3 Å². The van der Waals surface area contributed by atoms with Gasteiger partial charge in [0.2, 0.25) is 5.91 Å². The van der Waals surface area contributed by atoms with Gasteiger partial charge in [-0.15, -0.1) is 11.3 Å². The lowest BCUT2D eigenvalue weighted by Gasteiger charge is -2.06. The molecule has 0 saturated heterocycles. The van der Waals surface area contributed by atoms with E-state index in [2.05, 4.69) is 15.2 Å². The van der Waals surface area contributed by atoms with Crippen molar-refractivity contribution in [2.24, 2.45) is 0 Å². The first kappa shape index (κ1) is 20.3. The molecule has 2 N–H and O–H groups in total. The molecule has 0 atom stereocenters. The van der Waals surface area contributed by atoms with Crippen LogP contribution in [-0.2, 0) is 14.8 Å². The van der Waals surface area contributed by atoms with Crippen LogP contribution >= 0.6 is 11.3 Å². The van der Waals surface area contributed by atoms with Crippen LogP contribution in [0.25, 0.3) is 12.2 Å². The van der Waals surface area contributed by atoms with E-state index in [1.54, 1.807) is 43.3 Å². The molecule has 2 aromatic heterocycles. The zero-order valence-corrected chi connectivity index (χ0v) is 17.1. The third-order valence-electron chi connectivity index (χ3n) is 3.70. The van der Waals surface area contributed by atoms with Crippen LogP contribution in [0.15, 0.2) is 45.1 Å². The Morgan fingerprint density at radius 1 is 1.28 bits per heavy atom. The van der Waals surface area contributed by atoms with Crippen molar-refractivity contribution >= 4 is 50.8 Å². The zero-order chi connectivity index (χ0) is 21.0. The lowest BCUT2D eigenvalue weighted by Crippen LogP contribution is -2.11. The number of hydrogen-bond acceptors (Lipinski definition) is 7. The van der Waals surface area contributed by atoms with Crippen LogP contribution in [0.4, 0.5) is 11.4 Å². The van der Waals surface area contributed by atoms with Gasteiger partial charge in [-0.3, -0.25) is 9.52 Å². The Morgan fingerprint density at radius 3 is 2.79 bits per heavy atom. The quantitative estimate of drug-likeness (QED) is 0.614. The van der Waals surface area contributed by atoms with E-state index < -0.39 is 10.0 Å². The molecule has 0 fully saturated rings. The third-order valence-corrected chi connectivity index (χ3v) is 6.62. The predicted molar refractivity (Wildman–Crippen MR) is 111 cm³/mol. The summed E-state index contributed by atoms with van der Waals surface area (Å²) >= 11 is 1.06. The number of hydrogen-bond donors (Lipinski definition) is 2. The molecular formula is C19H16N4O4S2. The van der Waals surface area contributed by atoms with Gasteiger partial charge in [-0.2, -0.15) is 5.26 Å². The van der Waals surface area contributed by atoms with E-state index in [9.17, 15) is 13.2 Å². The smallest absolute Gasteiger partial charge is 0.271 e. The predicted octanol–water partition coefficient (Wildman–Crippen LogP) is 3.85. The maximum atomic E-state index is 12.6. The minimum absolute atomic E-state index is 0.121. The molecule has 1 aromatic carbocycles. The Bertz CT molecular complexity index is 1230. The fourth-order valence-electron chi connectivity index (χ4n) is 2.41. The van der Waals surface area contributed by atoms with Crippen molar-refractivity contribution < 1.29 is 17.7 Å². The number of nitriles is 1. The maximum absolute atomic E-state index is 12.6. The Balaban J connectivity index is 1.79. The lowest BCUT2D eigenvalue weighted by atomic mass is 10.2. The highest BCUT2D eigenvalue weighted by Crippen LogP contribution is 2.27. The van der Waals surface area contributed by atoms with Gasteiger partial charge in [0.25, 0.3) is 10.0 Å². The number of anilines is 2. The van der Waals surface area contributed by atoms with Crippen molar-refractivity contribution in [2.45, 2.75) is 18.1 Å². The van der Waals surface area contributed by atoms with Crippen LogP contribution < -0.4 is 10.0 Å². The second-order valence-corrected chi connectivity index (χ2v) is 9.00. The fourth-order valence-corrected chi connectivity index (χ4v) is 4.69. The average molecular weight is 428 g/mol. The highest BCUT2D eigenvalue weighted by atomic mass is 32.2. The second kappa shape index (κ2) is 8.30. The Kier molecular flexibility index (Phi) is 5.81. The molecule has 148 valence electrons. The number of sulfonamides is 1. The van der Waals surface area contributed by atoms with Crippen LogP contribution in [0.2, 0.25) is 0 Å². The molecule has 3 aromatic rings. The van der Waals surface area contributed by atoms with E-state index >= 15 is 0 Å². The number of carbonyl (C=O) groups is 1. The summed E-state index contributed by atoms with van der Waals surface area (Å²) in [6, 6.07) is 11.3. The summed E-state index contributed by atoms with van der Waals surface area (Å²) in [7, 11) is -3.79. The highest BCUT2D eigenvalue weighted by molar-refractivity contribution is 7.94. The molecule has 0 saturated carbocycles.